The zero-order chi connectivity index (χ0) is 18.3. The molecule has 9 nitrogen and oxygen atoms in total. The highest BCUT2D eigenvalue weighted by atomic mass is 16.5. The van der Waals surface area contributed by atoms with Crippen molar-refractivity contribution in [1.29, 1.82) is 0 Å². The second-order valence-electron chi connectivity index (χ2n) is 5.57. The van der Waals surface area contributed by atoms with Crippen molar-refractivity contribution in [2.75, 3.05) is 20.2 Å². The van der Waals surface area contributed by atoms with E-state index in [9.17, 15) is 19.2 Å². The fourth-order valence-electron chi connectivity index (χ4n) is 2.36. The van der Waals surface area contributed by atoms with E-state index in [0.717, 1.165) is 4.90 Å². The van der Waals surface area contributed by atoms with Crippen LogP contribution in [0, 0.1) is 0 Å². The predicted molar refractivity (Wildman–Crippen MR) is 85.6 cm³/mol. The van der Waals surface area contributed by atoms with Gasteiger partial charge in [0, 0.05) is 19.6 Å². The molecule has 1 aliphatic rings. The van der Waals surface area contributed by atoms with E-state index in [0.29, 0.717) is 6.61 Å². The number of carbonyl (C=O) groups is 4. The molecule has 4 amide bonds. The molecular weight excluding hydrogens is 316 g/mol. The van der Waals surface area contributed by atoms with Crippen LogP contribution in [0.5, 0.6) is 0 Å². The molecule has 1 heterocycles. The van der Waals surface area contributed by atoms with Crippen LogP contribution < -0.4 is 16.0 Å². The van der Waals surface area contributed by atoms with Crippen molar-refractivity contribution in [2.45, 2.75) is 51.9 Å². The van der Waals surface area contributed by atoms with E-state index in [1.807, 2.05) is 0 Å². The number of hydrogen-bond acceptors (Lipinski definition) is 6. The molecule has 1 saturated heterocycles. The Balaban J connectivity index is 2.37. The summed E-state index contributed by atoms with van der Waals surface area (Å²) in [7, 11) is 1.61. The number of carbonyl (C=O) groups excluding carboxylic acids is 4. The van der Waals surface area contributed by atoms with E-state index in [1.165, 1.54) is 0 Å². The molecule has 136 valence electrons. The van der Waals surface area contributed by atoms with E-state index in [4.69, 9.17) is 4.74 Å². The maximum absolute atomic E-state index is 11.9. The maximum Gasteiger partial charge on any atom is 0.250 e. The summed E-state index contributed by atoms with van der Waals surface area (Å²) < 4.78 is 5.16. The molecule has 0 aromatic heterocycles. The van der Waals surface area contributed by atoms with Gasteiger partial charge < -0.3 is 20.7 Å². The lowest BCUT2D eigenvalue weighted by atomic mass is 10.2. The normalized spacial score (nSPS) is 20.0. The Bertz CT molecular complexity index is 496. The van der Waals surface area contributed by atoms with Gasteiger partial charge in [0.25, 0.3) is 0 Å². The van der Waals surface area contributed by atoms with E-state index in [-0.39, 0.29) is 43.0 Å². The van der Waals surface area contributed by atoms with Crippen LogP contribution in [-0.4, -0.2) is 67.0 Å². The average Bonchev–Trinajstić information content (AvgIpc) is 2.79. The molecule has 3 N–H and O–H groups in total. The minimum Gasteiger partial charge on any atom is -0.369 e. The van der Waals surface area contributed by atoms with Crippen LogP contribution in [0.3, 0.4) is 0 Å². The molecule has 0 aliphatic carbocycles. The van der Waals surface area contributed by atoms with Crippen molar-refractivity contribution in [2.24, 2.45) is 0 Å². The number of imide groups is 1. The van der Waals surface area contributed by atoms with Crippen LogP contribution in [0.25, 0.3) is 0 Å². The summed E-state index contributed by atoms with van der Waals surface area (Å²) >= 11 is 0. The minimum absolute atomic E-state index is 0.0187. The number of ether oxygens (including phenoxy) is 1. The first-order chi connectivity index (χ1) is 11.3. The molecule has 1 rings (SSSR count). The SMILES string of the molecule is CCOC(C)C(=O)NC(C)NC(=O)CCN1C(=O)CC(NC)C1=O. The van der Waals surface area contributed by atoms with Crippen molar-refractivity contribution >= 4 is 23.6 Å². The van der Waals surface area contributed by atoms with Gasteiger partial charge >= 0.3 is 0 Å². The van der Waals surface area contributed by atoms with Crippen molar-refractivity contribution < 1.29 is 23.9 Å². The number of likely N-dealkylation sites (tertiary alicyclic amines) is 1. The van der Waals surface area contributed by atoms with Gasteiger partial charge in [0.2, 0.25) is 23.6 Å². The van der Waals surface area contributed by atoms with Crippen molar-refractivity contribution in [3.63, 3.8) is 0 Å². The number of likely N-dealkylation sites (N-methyl/N-ethyl adjacent to an activating group) is 1. The maximum atomic E-state index is 11.9. The number of hydrogen-bond donors (Lipinski definition) is 3. The first-order valence-electron chi connectivity index (χ1n) is 8.02. The third-order valence-corrected chi connectivity index (χ3v) is 3.68. The van der Waals surface area contributed by atoms with Gasteiger partial charge in [0.1, 0.15) is 6.10 Å². The van der Waals surface area contributed by atoms with Gasteiger partial charge in [-0.2, -0.15) is 0 Å². The van der Waals surface area contributed by atoms with Crippen LogP contribution in [0.4, 0.5) is 0 Å². The highest BCUT2D eigenvalue weighted by Gasteiger charge is 2.37. The summed E-state index contributed by atoms with van der Waals surface area (Å²) in [5, 5.41) is 7.96. The number of rotatable bonds is 9. The average molecular weight is 342 g/mol. The molecule has 0 spiro atoms. The summed E-state index contributed by atoms with van der Waals surface area (Å²) in [5.41, 5.74) is 0. The van der Waals surface area contributed by atoms with Crippen molar-refractivity contribution in [1.82, 2.24) is 20.9 Å². The number of nitrogens with zero attached hydrogens (tertiary/aromatic N) is 1. The minimum atomic E-state index is -0.604. The summed E-state index contributed by atoms with van der Waals surface area (Å²) in [6.07, 6.45) is -1.09. The van der Waals surface area contributed by atoms with Crippen molar-refractivity contribution in [3.05, 3.63) is 0 Å². The molecule has 3 atom stereocenters. The van der Waals surface area contributed by atoms with Crippen LogP contribution in [-0.2, 0) is 23.9 Å². The molecule has 1 fully saturated rings. The summed E-state index contributed by atoms with van der Waals surface area (Å²) in [4.78, 5) is 48.4. The zero-order valence-corrected chi connectivity index (χ0v) is 14.5. The second kappa shape index (κ2) is 9.33. The fourth-order valence-corrected chi connectivity index (χ4v) is 2.36. The summed E-state index contributed by atoms with van der Waals surface area (Å²) in [5.74, 6) is -1.30. The Labute approximate surface area is 141 Å². The fraction of sp³-hybridized carbons (Fsp3) is 0.733. The Hall–Kier alpha value is -2.00. The molecule has 24 heavy (non-hydrogen) atoms. The Morgan fingerprint density at radius 1 is 1.29 bits per heavy atom. The Morgan fingerprint density at radius 3 is 2.50 bits per heavy atom. The lowest BCUT2D eigenvalue weighted by molar-refractivity contribution is -0.139. The summed E-state index contributed by atoms with van der Waals surface area (Å²) in [6, 6.07) is -0.515. The van der Waals surface area contributed by atoms with Crippen LogP contribution in [0.1, 0.15) is 33.6 Å². The Kier molecular flexibility index (Phi) is 7.80. The van der Waals surface area contributed by atoms with E-state index in [1.54, 1.807) is 27.8 Å². The smallest absolute Gasteiger partial charge is 0.250 e. The van der Waals surface area contributed by atoms with Crippen LogP contribution in [0.15, 0.2) is 0 Å². The van der Waals surface area contributed by atoms with E-state index in [2.05, 4.69) is 16.0 Å². The van der Waals surface area contributed by atoms with Gasteiger partial charge in [-0.05, 0) is 27.8 Å². The van der Waals surface area contributed by atoms with Crippen LogP contribution >= 0.6 is 0 Å². The topological polar surface area (TPSA) is 117 Å². The molecule has 9 heteroatoms. The third-order valence-electron chi connectivity index (χ3n) is 3.68. The lowest BCUT2D eigenvalue weighted by Gasteiger charge is -2.19. The van der Waals surface area contributed by atoms with Crippen molar-refractivity contribution in [3.8, 4) is 0 Å². The quantitative estimate of drug-likeness (QED) is 0.355. The second-order valence-corrected chi connectivity index (χ2v) is 5.57. The monoisotopic (exact) mass is 342 g/mol. The van der Waals surface area contributed by atoms with Gasteiger partial charge in [-0.1, -0.05) is 0 Å². The first-order valence-corrected chi connectivity index (χ1v) is 8.02. The van der Waals surface area contributed by atoms with Gasteiger partial charge in [-0.15, -0.1) is 0 Å². The Morgan fingerprint density at radius 2 is 1.96 bits per heavy atom. The molecule has 0 bridgehead atoms. The van der Waals surface area contributed by atoms with Crippen LogP contribution in [0.2, 0.25) is 0 Å². The highest BCUT2D eigenvalue weighted by Crippen LogP contribution is 2.12. The molecule has 0 saturated carbocycles. The largest absolute Gasteiger partial charge is 0.369 e. The van der Waals surface area contributed by atoms with Gasteiger partial charge in [-0.25, -0.2) is 0 Å². The molecule has 0 radical (unpaired) electrons. The lowest BCUT2D eigenvalue weighted by Crippen LogP contribution is -2.49. The molecule has 0 aromatic carbocycles. The van der Waals surface area contributed by atoms with Gasteiger partial charge in [-0.3, -0.25) is 24.1 Å². The highest BCUT2D eigenvalue weighted by molar-refractivity contribution is 6.05. The molecule has 0 aromatic rings. The standard InChI is InChI=1S/C15H26N4O5/c1-5-24-9(2)14(22)18-10(3)17-12(20)6-7-19-13(21)8-11(16-4)15(19)23/h9-11,16H,5-8H2,1-4H3,(H,17,20)(H,18,22). The number of amides is 4. The van der Waals surface area contributed by atoms with Gasteiger partial charge in [0.05, 0.1) is 18.6 Å². The molecule has 3 unspecified atom stereocenters. The first kappa shape index (κ1) is 20.0. The van der Waals surface area contributed by atoms with E-state index >= 15 is 0 Å². The third kappa shape index (κ3) is 5.57. The summed E-state index contributed by atoms with van der Waals surface area (Å²) in [6.45, 7) is 5.47. The molecule has 1 aliphatic heterocycles. The van der Waals surface area contributed by atoms with Gasteiger partial charge in [0.15, 0.2) is 0 Å². The van der Waals surface area contributed by atoms with E-state index < -0.39 is 18.3 Å². The molecular formula is C15H26N4O5. The predicted octanol–water partition coefficient (Wildman–Crippen LogP) is -1.27. The zero-order valence-electron chi connectivity index (χ0n) is 14.5. The number of nitrogens with one attached hydrogen (secondary N) is 3.